The predicted octanol–water partition coefficient (Wildman–Crippen LogP) is 3.37. The van der Waals surface area contributed by atoms with Gasteiger partial charge in [-0.3, -0.25) is 9.97 Å². The molecule has 0 saturated heterocycles. The maximum atomic E-state index is 13.3. The van der Waals surface area contributed by atoms with Gasteiger partial charge in [-0.05, 0) is 36.4 Å². The first-order valence-electron chi connectivity index (χ1n) is 7.31. The normalized spacial score (nSPS) is 11.9. The third kappa shape index (κ3) is 3.63. The van der Waals surface area contributed by atoms with Crippen LogP contribution in [0.5, 0.6) is 0 Å². The highest BCUT2D eigenvalue weighted by Gasteiger charge is 2.39. The molecule has 11 heteroatoms. The molecule has 3 rings (SSSR count). The van der Waals surface area contributed by atoms with Crippen molar-refractivity contribution in [2.75, 3.05) is 3.71 Å². The minimum atomic E-state index is -4.71. The molecule has 0 N–H and O–H groups in total. The summed E-state index contributed by atoms with van der Waals surface area (Å²) < 4.78 is 53.2. The Hall–Kier alpha value is -2.20. The van der Waals surface area contributed by atoms with E-state index in [1.165, 1.54) is 54.9 Å². The number of hydrogen-bond acceptors (Lipinski definition) is 6. The molecular formula is C16H11Cl2N3O4S2. The number of anilines is 1. The molecule has 27 heavy (non-hydrogen) atoms. The van der Waals surface area contributed by atoms with Crippen molar-refractivity contribution < 1.29 is 16.8 Å². The van der Waals surface area contributed by atoms with Crippen molar-refractivity contribution in [3.63, 3.8) is 0 Å². The molecule has 0 saturated carbocycles. The van der Waals surface area contributed by atoms with Crippen LogP contribution in [0.15, 0.2) is 77.0 Å². The maximum absolute atomic E-state index is 13.3. The summed E-state index contributed by atoms with van der Waals surface area (Å²) in [4.78, 5) is 6.72. The molecule has 0 spiro atoms. The topological polar surface area (TPSA) is 97.3 Å². The van der Waals surface area contributed by atoms with Crippen molar-refractivity contribution in [2.24, 2.45) is 0 Å². The molecule has 3 aromatic rings. The molecule has 0 fully saturated rings. The van der Waals surface area contributed by atoms with Gasteiger partial charge in [0.25, 0.3) is 20.0 Å². The van der Waals surface area contributed by atoms with Gasteiger partial charge >= 0.3 is 0 Å². The molecule has 0 amide bonds. The van der Waals surface area contributed by atoms with E-state index in [-0.39, 0.29) is 24.3 Å². The zero-order chi connectivity index (χ0) is 19.7. The number of nitrogens with zero attached hydrogens (tertiary/aromatic N) is 3. The fraction of sp³-hybridized carbons (Fsp3) is 0. The zero-order valence-electron chi connectivity index (χ0n) is 13.4. The molecule has 0 aliphatic rings. The number of halogens is 2. The Bertz CT molecular complexity index is 1150. The summed E-state index contributed by atoms with van der Waals surface area (Å²) in [7, 11) is -9.28. The lowest BCUT2D eigenvalue weighted by Gasteiger charge is -2.24. The molecule has 140 valence electrons. The van der Waals surface area contributed by atoms with Crippen LogP contribution in [0, 0.1) is 0 Å². The summed E-state index contributed by atoms with van der Waals surface area (Å²) in [5.74, 6) is 0. The van der Waals surface area contributed by atoms with Gasteiger partial charge in [0.1, 0.15) is 9.79 Å². The van der Waals surface area contributed by atoms with Crippen LogP contribution < -0.4 is 3.71 Å². The maximum Gasteiger partial charge on any atom is 0.280 e. The van der Waals surface area contributed by atoms with E-state index in [1.54, 1.807) is 0 Å². The highest BCUT2D eigenvalue weighted by atomic mass is 35.5. The Balaban J connectivity index is 2.33. The van der Waals surface area contributed by atoms with Crippen molar-refractivity contribution >= 4 is 48.9 Å². The van der Waals surface area contributed by atoms with Crippen LogP contribution in [-0.2, 0) is 20.0 Å². The Morgan fingerprint density at radius 3 is 1.85 bits per heavy atom. The monoisotopic (exact) mass is 443 g/mol. The third-order valence-corrected chi connectivity index (χ3v) is 8.52. The fourth-order valence-corrected chi connectivity index (χ4v) is 6.98. The predicted molar refractivity (Wildman–Crippen MR) is 102 cm³/mol. The zero-order valence-corrected chi connectivity index (χ0v) is 16.5. The molecule has 2 aromatic heterocycles. The van der Waals surface area contributed by atoms with E-state index in [9.17, 15) is 16.8 Å². The summed E-state index contributed by atoms with van der Waals surface area (Å²) in [6.45, 7) is 0. The average Bonchev–Trinajstić information content (AvgIpc) is 2.62. The lowest BCUT2D eigenvalue weighted by atomic mass is 10.4. The van der Waals surface area contributed by atoms with Gasteiger partial charge in [-0.1, -0.05) is 29.3 Å². The van der Waals surface area contributed by atoms with Crippen molar-refractivity contribution in [3.05, 3.63) is 77.3 Å². The Morgan fingerprint density at radius 1 is 0.741 bits per heavy atom. The summed E-state index contributed by atoms with van der Waals surface area (Å²) in [6.07, 6.45) is 4.90. The Morgan fingerprint density at radius 2 is 1.33 bits per heavy atom. The smallest absolute Gasteiger partial charge is 0.263 e. The molecule has 0 unspecified atom stereocenters. The van der Waals surface area contributed by atoms with Gasteiger partial charge in [0.15, 0.2) is 0 Å². The highest BCUT2D eigenvalue weighted by Crippen LogP contribution is 2.36. The minimum absolute atomic E-state index is 0.197. The first-order chi connectivity index (χ1) is 12.8. The van der Waals surface area contributed by atoms with Crippen molar-refractivity contribution in [1.82, 2.24) is 9.97 Å². The van der Waals surface area contributed by atoms with E-state index >= 15 is 0 Å². The van der Waals surface area contributed by atoms with Crippen molar-refractivity contribution in [3.8, 4) is 0 Å². The van der Waals surface area contributed by atoms with Gasteiger partial charge in [-0.25, -0.2) is 0 Å². The standard InChI is InChI=1S/C16H11Cl2N3O4S2/c17-14-6-1-7-15(18)16(14)27(24,25)21(12-4-2-8-19-10-12)26(22,23)13-5-3-9-20-11-13/h1-11H. The van der Waals surface area contributed by atoms with Crippen LogP contribution in [-0.4, -0.2) is 26.8 Å². The third-order valence-electron chi connectivity index (χ3n) is 3.40. The van der Waals surface area contributed by atoms with E-state index in [0.717, 1.165) is 12.4 Å². The van der Waals surface area contributed by atoms with Gasteiger partial charge < -0.3 is 0 Å². The molecule has 2 heterocycles. The number of aromatic nitrogens is 2. The van der Waals surface area contributed by atoms with E-state index in [4.69, 9.17) is 23.2 Å². The molecular weight excluding hydrogens is 433 g/mol. The largest absolute Gasteiger partial charge is 0.280 e. The van der Waals surface area contributed by atoms with E-state index in [2.05, 4.69) is 9.97 Å². The molecule has 0 aliphatic heterocycles. The van der Waals surface area contributed by atoms with Crippen LogP contribution in [0.3, 0.4) is 0 Å². The SMILES string of the molecule is O=S(=O)(c1cccnc1)N(c1cccnc1)S(=O)(=O)c1c(Cl)cccc1Cl. The van der Waals surface area contributed by atoms with Gasteiger partial charge in [-0.2, -0.15) is 20.5 Å². The molecule has 0 radical (unpaired) electrons. The second-order valence-corrected chi connectivity index (χ2v) is 9.71. The first kappa shape index (κ1) is 19.6. The van der Waals surface area contributed by atoms with Gasteiger partial charge in [0.05, 0.1) is 21.9 Å². The number of benzene rings is 1. The van der Waals surface area contributed by atoms with E-state index in [1.807, 2.05) is 0 Å². The van der Waals surface area contributed by atoms with Gasteiger partial charge in [0, 0.05) is 18.6 Å². The summed E-state index contributed by atoms with van der Waals surface area (Å²) in [6, 6.07) is 9.37. The molecule has 0 atom stereocenters. The molecule has 1 aromatic carbocycles. The Kier molecular flexibility index (Phi) is 5.38. The summed E-state index contributed by atoms with van der Waals surface area (Å²) in [5, 5.41) is -0.421. The summed E-state index contributed by atoms with van der Waals surface area (Å²) in [5.41, 5.74) is -0.197. The lowest BCUT2D eigenvalue weighted by Crippen LogP contribution is -2.37. The number of sulfonamides is 2. The number of pyridine rings is 2. The molecule has 0 aliphatic carbocycles. The van der Waals surface area contributed by atoms with Crippen LogP contribution in [0.2, 0.25) is 10.0 Å². The van der Waals surface area contributed by atoms with Crippen LogP contribution in [0.25, 0.3) is 0 Å². The first-order valence-corrected chi connectivity index (χ1v) is 10.9. The average molecular weight is 444 g/mol. The molecule has 0 bridgehead atoms. The van der Waals surface area contributed by atoms with Gasteiger partial charge in [0.2, 0.25) is 0 Å². The Labute approximate surface area is 166 Å². The van der Waals surface area contributed by atoms with Crippen LogP contribution in [0.1, 0.15) is 0 Å². The minimum Gasteiger partial charge on any atom is -0.263 e. The van der Waals surface area contributed by atoms with E-state index < -0.39 is 24.9 Å². The summed E-state index contributed by atoms with van der Waals surface area (Å²) >= 11 is 12.1. The van der Waals surface area contributed by atoms with Crippen LogP contribution >= 0.6 is 23.2 Å². The second kappa shape index (κ2) is 7.43. The van der Waals surface area contributed by atoms with E-state index in [0.29, 0.717) is 0 Å². The highest BCUT2D eigenvalue weighted by molar-refractivity contribution is 8.10. The number of rotatable bonds is 5. The van der Waals surface area contributed by atoms with Crippen LogP contribution in [0.4, 0.5) is 5.69 Å². The fourth-order valence-electron chi connectivity index (χ4n) is 2.28. The molecule has 7 nitrogen and oxygen atoms in total. The van der Waals surface area contributed by atoms with Crippen molar-refractivity contribution in [1.29, 1.82) is 0 Å². The van der Waals surface area contributed by atoms with Crippen molar-refractivity contribution in [2.45, 2.75) is 9.79 Å². The quantitative estimate of drug-likeness (QED) is 0.599. The van der Waals surface area contributed by atoms with Gasteiger partial charge in [-0.15, -0.1) is 0 Å². The second-order valence-electron chi connectivity index (χ2n) is 5.16. The lowest BCUT2D eigenvalue weighted by molar-refractivity contribution is 0.584. The number of hydrogen-bond donors (Lipinski definition) is 0.